The van der Waals surface area contributed by atoms with Crippen LogP contribution in [0.1, 0.15) is 35.6 Å². The van der Waals surface area contributed by atoms with E-state index >= 15 is 0 Å². The molecule has 1 amide bonds. The SMILES string of the molecule is CC(=O)N1CCN([C@@H](C)C(=O)c2cc(C)n(-c3ccc(Cl)cc3)c2C)CC1. The number of aryl methyl sites for hydroxylation is 1. The van der Waals surface area contributed by atoms with E-state index in [1.54, 1.807) is 6.92 Å². The average Bonchev–Trinajstić information content (AvgIpc) is 2.95. The molecule has 1 aromatic carbocycles. The minimum Gasteiger partial charge on any atom is -0.340 e. The number of carbonyl (C=O) groups is 2. The first kappa shape index (κ1) is 19.6. The molecule has 0 aliphatic carbocycles. The molecule has 27 heavy (non-hydrogen) atoms. The van der Waals surface area contributed by atoms with E-state index in [0.29, 0.717) is 18.1 Å². The zero-order valence-corrected chi connectivity index (χ0v) is 17.1. The van der Waals surface area contributed by atoms with Crippen LogP contribution in [0, 0.1) is 13.8 Å². The third-order valence-electron chi connectivity index (χ3n) is 5.47. The molecule has 5 nitrogen and oxygen atoms in total. The molecule has 1 fully saturated rings. The van der Waals surface area contributed by atoms with Crippen molar-refractivity contribution in [2.24, 2.45) is 0 Å². The molecule has 0 radical (unpaired) electrons. The Balaban J connectivity index is 1.80. The number of hydrogen-bond acceptors (Lipinski definition) is 3. The molecule has 0 spiro atoms. The van der Waals surface area contributed by atoms with Gasteiger partial charge in [0, 0.05) is 60.8 Å². The molecule has 2 aromatic rings. The smallest absolute Gasteiger partial charge is 0.219 e. The van der Waals surface area contributed by atoms with Gasteiger partial charge in [-0.3, -0.25) is 14.5 Å². The number of rotatable bonds is 4. The zero-order chi connectivity index (χ0) is 19.7. The fourth-order valence-electron chi connectivity index (χ4n) is 3.81. The molecule has 0 bridgehead atoms. The van der Waals surface area contributed by atoms with E-state index < -0.39 is 0 Å². The zero-order valence-electron chi connectivity index (χ0n) is 16.3. The Kier molecular flexibility index (Phi) is 5.72. The van der Waals surface area contributed by atoms with Gasteiger partial charge in [0.15, 0.2) is 5.78 Å². The molecule has 1 atom stereocenters. The molecule has 1 aliphatic heterocycles. The number of hydrogen-bond donors (Lipinski definition) is 0. The molecule has 1 aromatic heterocycles. The van der Waals surface area contributed by atoms with Gasteiger partial charge in [-0.25, -0.2) is 0 Å². The second kappa shape index (κ2) is 7.87. The fraction of sp³-hybridized carbons (Fsp3) is 0.429. The maximum atomic E-state index is 13.2. The fourth-order valence-corrected chi connectivity index (χ4v) is 3.94. The summed E-state index contributed by atoms with van der Waals surface area (Å²) in [5.41, 5.74) is 3.71. The van der Waals surface area contributed by atoms with Gasteiger partial charge in [-0.2, -0.15) is 0 Å². The Bertz CT molecular complexity index is 849. The first-order valence-electron chi connectivity index (χ1n) is 9.28. The van der Waals surface area contributed by atoms with E-state index in [9.17, 15) is 9.59 Å². The topological polar surface area (TPSA) is 45.6 Å². The molecule has 144 valence electrons. The van der Waals surface area contributed by atoms with Crippen LogP contribution in [0.15, 0.2) is 30.3 Å². The summed E-state index contributed by atoms with van der Waals surface area (Å²) in [6.45, 7) is 10.3. The second-order valence-corrected chi connectivity index (χ2v) is 7.62. The van der Waals surface area contributed by atoms with Crippen molar-refractivity contribution < 1.29 is 9.59 Å². The van der Waals surface area contributed by atoms with Crippen molar-refractivity contribution in [1.29, 1.82) is 0 Å². The Morgan fingerprint density at radius 2 is 1.63 bits per heavy atom. The number of nitrogens with zero attached hydrogens (tertiary/aromatic N) is 3. The van der Waals surface area contributed by atoms with Gasteiger partial charge in [-0.05, 0) is 51.1 Å². The quantitative estimate of drug-likeness (QED) is 0.754. The lowest BCUT2D eigenvalue weighted by Gasteiger charge is -2.37. The monoisotopic (exact) mass is 387 g/mol. The van der Waals surface area contributed by atoms with Crippen LogP contribution in [-0.2, 0) is 4.79 Å². The number of carbonyl (C=O) groups excluding carboxylic acids is 2. The normalized spacial score (nSPS) is 16.4. The van der Waals surface area contributed by atoms with Crippen LogP contribution in [0.2, 0.25) is 5.02 Å². The number of halogens is 1. The van der Waals surface area contributed by atoms with Gasteiger partial charge < -0.3 is 9.47 Å². The Hall–Kier alpha value is -2.11. The standard InChI is InChI=1S/C21H26ClN3O2/c1-14-13-20(15(2)25(14)19-7-5-18(22)6-8-19)21(27)16(3)23-9-11-24(12-10-23)17(4)26/h5-8,13,16H,9-12H2,1-4H3/t16-/m0/s1. The first-order valence-corrected chi connectivity index (χ1v) is 9.66. The number of piperazine rings is 1. The Labute approximate surface area is 165 Å². The van der Waals surface area contributed by atoms with E-state index in [4.69, 9.17) is 11.6 Å². The highest BCUT2D eigenvalue weighted by Crippen LogP contribution is 2.24. The van der Waals surface area contributed by atoms with Gasteiger partial charge in [0.25, 0.3) is 0 Å². The van der Waals surface area contributed by atoms with Crippen molar-refractivity contribution >= 4 is 23.3 Å². The second-order valence-electron chi connectivity index (χ2n) is 7.18. The Morgan fingerprint density at radius 3 is 2.19 bits per heavy atom. The third-order valence-corrected chi connectivity index (χ3v) is 5.72. The van der Waals surface area contributed by atoms with Gasteiger partial charge in [0.1, 0.15) is 0 Å². The molecule has 2 heterocycles. The van der Waals surface area contributed by atoms with E-state index in [1.165, 1.54) is 0 Å². The van der Waals surface area contributed by atoms with Crippen LogP contribution in [-0.4, -0.2) is 58.3 Å². The van der Waals surface area contributed by atoms with Crippen LogP contribution in [0.25, 0.3) is 5.69 Å². The summed E-state index contributed by atoms with van der Waals surface area (Å²) < 4.78 is 2.09. The summed E-state index contributed by atoms with van der Waals surface area (Å²) in [4.78, 5) is 28.7. The highest BCUT2D eigenvalue weighted by molar-refractivity contribution is 6.30. The summed E-state index contributed by atoms with van der Waals surface area (Å²) in [6, 6.07) is 9.39. The van der Waals surface area contributed by atoms with Crippen molar-refractivity contribution in [3.63, 3.8) is 0 Å². The summed E-state index contributed by atoms with van der Waals surface area (Å²) in [7, 11) is 0. The van der Waals surface area contributed by atoms with E-state index in [0.717, 1.165) is 35.7 Å². The van der Waals surface area contributed by atoms with E-state index in [1.807, 2.05) is 56.0 Å². The van der Waals surface area contributed by atoms with Crippen molar-refractivity contribution in [2.45, 2.75) is 33.7 Å². The van der Waals surface area contributed by atoms with Crippen molar-refractivity contribution in [3.05, 3.63) is 52.3 Å². The molecule has 1 saturated heterocycles. The molecular formula is C21H26ClN3O2. The van der Waals surface area contributed by atoms with Gasteiger partial charge in [-0.1, -0.05) is 11.6 Å². The minimum absolute atomic E-state index is 0.0974. The molecule has 3 rings (SSSR count). The van der Waals surface area contributed by atoms with Crippen molar-refractivity contribution in [3.8, 4) is 5.69 Å². The lowest BCUT2D eigenvalue weighted by Crippen LogP contribution is -2.52. The lowest BCUT2D eigenvalue weighted by molar-refractivity contribution is -0.130. The van der Waals surface area contributed by atoms with Gasteiger partial charge >= 0.3 is 0 Å². The third kappa shape index (κ3) is 3.94. The predicted molar refractivity (Wildman–Crippen MR) is 108 cm³/mol. The average molecular weight is 388 g/mol. The van der Waals surface area contributed by atoms with Crippen LogP contribution < -0.4 is 0 Å². The Morgan fingerprint density at radius 1 is 1.04 bits per heavy atom. The largest absolute Gasteiger partial charge is 0.340 e. The van der Waals surface area contributed by atoms with Gasteiger partial charge in [-0.15, -0.1) is 0 Å². The highest BCUT2D eigenvalue weighted by atomic mass is 35.5. The van der Waals surface area contributed by atoms with Crippen LogP contribution in [0.5, 0.6) is 0 Å². The molecule has 0 N–H and O–H groups in total. The molecule has 0 unspecified atom stereocenters. The number of aromatic nitrogens is 1. The molecule has 1 aliphatic rings. The van der Waals surface area contributed by atoms with Gasteiger partial charge in [0.2, 0.25) is 5.91 Å². The van der Waals surface area contributed by atoms with Crippen molar-refractivity contribution in [1.82, 2.24) is 14.4 Å². The summed E-state index contributed by atoms with van der Waals surface area (Å²) >= 11 is 6.00. The number of ketones is 1. The summed E-state index contributed by atoms with van der Waals surface area (Å²) in [5, 5.41) is 0.691. The molecular weight excluding hydrogens is 362 g/mol. The highest BCUT2D eigenvalue weighted by Gasteiger charge is 2.29. The van der Waals surface area contributed by atoms with E-state index in [2.05, 4.69) is 9.47 Å². The maximum absolute atomic E-state index is 13.2. The number of Topliss-reactive ketones (excluding diaryl/α,β-unsaturated/α-hetero) is 1. The van der Waals surface area contributed by atoms with E-state index in [-0.39, 0.29) is 17.7 Å². The minimum atomic E-state index is -0.210. The molecule has 6 heteroatoms. The van der Waals surface area contributed by atoms with Gasteiger partial charge in [0.05, 0.1) is 6.04 Å². The number of benzene rings is 1. The van der Waals surface area contributed by atoms with Crippen LogP contribution in [0.4, 0.5) is 0 Å². The van der Waals surface area contributed by atoms with Crippen LogP contribution >= 0.6 is 11.6 Å². The van der Waals surface area contributed by atoms with Crippen LogP contribution in [0.3, 0.4) is 0 Å². The summed E-state index contributed by atoms with van der Waals surface area (Å²) in [6.07, 6.45) is 0. The molecule has 0 saturated carbocycles. The lowest BCUT2D eigenvalue weighted by atomic mass is 10.0. The first-order chi connectivity index (χ1) is 12.8. The van der Waals surface area contributed by atoms with Crippen molar-refractivity contribution in [2.75, 3.05) is 26.2 Å². The summed E-state index contributed by atoms with van der Waals surface area (Å²) in [5.74, 6) is 0.222. The maximum Gasteiger partial charge on any atom is 0.219 e. The number of amides is 1. The predicted octanol–water partition coefficient (Wildman–Crippen LogP) is 3.48.